The summed E-state index contributed by atoms with van der Waals surface area (Å²) in [6.45, 7) is 10.3. The van der Waals surface area contributed by atoms with Crippen molar-refractivity contribution in [3.63, 3.8) is 0 Å². The van der Waals surface area contributed by atoms with Crippen molar-refractivity contribution in [1.82, 2.24) is 0 Å². The van der Waals surface area contributed by atoms with Gasteiger partial charge in [-0.2, -0.15) is 0 Å². The average Bonchev–Trinajstić information content (AvgIpc) is 2.34. The number of anilines is 1. The zero-order chi connectivity index (χ0) is 14.6. The number of aryl methyl sites for hydroxylation is 2. The Morgan fingerprint density at radius 1 is 1.26 bits per heavy atom. The first kappa shape index (κ1) is 15.8. The molecule has 3 heteroatoms. The highest BCUT2D eigenvalue weighted by Gasteiger charge is 2.17. The second kappa shape index (κ2) is 6.80. The van der Waals surface area contributed by atoms with Gasteiger partial charge in [0.1, 0.15) is 5.75 Å². The van der Waals surface area contributed by atoms with Gasteiger partial charge in [0.15, 0.2) is 0 Å². The summed E-state index contributed by atoms with van der Waals surface area (Å²) in [6, 6.07) is 4.33. The predicted octanol–water partition coefficient (Wildman–Crippen LogP) is 2.98. The van der Waals surface area contributed by atoms with Gasteiger partial charge < -0.3 is 15.4 Å². The zero-order valence-corrected chi connectivity index (χ0v) is 13.2. The molecule has 0 aromatic heterocycles. The monoisotopic (exact) mass is 264 g/mol. The van der Waals surface area contributed by atoms with E-state index >= 15 is 0 Å². The molecule has 0 saturated heterocycles. The smallest absolute Gasteiger partial charge is 0.145 e. The summed E-state index contributed by atoms with van der Waals surface area (Å²) < 4.78 is 5.56. The fraction of sp³-hybridized carbons (Fsp3) is 0.625. The Hall–Kier alpha value is -1.22. The van der Waals surface area contributed by atoms with Crippen molar-refractivity contribution < 1.29 is 4.74 Å². The Labute approximate surface area is 117 Å². The van der Waals surface area contributed by atoms with Crippen LogP contribution in [0.25, 0.3) is 0 Å². The molecule has 0 spiro atoms. The molecule has 19 heavy (non-hydrogen) atoms. The number of methoxy groups -OCH3 is 1. The standard InChI is InChI=1S/C16H28N2O/c1-11(2)14(9-17)10-18(5)15-8-12(3)7-13(4)16(15)19-6/h7-8,11,14H,9-10,17H2,1-6H3. The van der Waals surface area contributed by atoms with Crippen LogP contribution < -0.4 is 15.4 Å². The van der Waals surface area contributed by atoms with E-state index in [-0.39, 0.29) is 0 Å². The maximum absolute atomic E-state index is 5.87. The van der Waals surface area contributed by atoms with Crippen LogP contribution in [-0.2, 0) is 0 Å². The van der Waals surface area contributed by atoms with Crippen molar-refractivity contribution in [2.45, 2.75) is 27.7 Å². The van der Waals surface area contributed by atoms with Crippen molar-refractivity contribution in [3.8, 4) is 5.75 Å². The third kappa shape index (κ3) is 3.87. The molecule has 0 saturated carbocycles. The van der Waals surface area contributed by atoms with Gasteiger partial charge in [-0.1, -0.05) is 19.9 Å². The Balaban J connectivity index is 3.01. The minimum atomic E-state index is 0.496. The van der Waals surface area contributed by atoms with Crippen LogP contribution in [0.3, 0.4) is 0 Å². The lowest BCUT2D eigenvalue weighted by Crippen LogP contribution is -2.33. The summed E-state index contributed by atoms with van der Waals surface area (Å²) in [5, 5.41) is 0. The molecule has 0 radical (unpaired) electrons. The summed E-state index contributed by atoms with van der Waals surface area (Å²) in [5.74, 6) is 2.05. The van der Waals surface area contributed by atoms with Gasteiger partial charge in [0.2, 0.25) is 0 Å². The zero-order valence-electron chi connectivity index (χ0n) is 13.2. The van der Waals surface area contributed by atoms with E-state index in [1.165, 1.54) is 11.1 Å². The second-order valence-electron chi connectivity index (χ2n) is 5.75. The van der Waals surface area contributed by atoms with E-state index in [0.29, 0.717) is 11.8 Å². The lowest BCUT2D eigenvalue weighted by atomic mass is 9.95. The molecule has 0 bridgehead atoms. The van der Waals surface area contributed by atoms with Gasteiger partial charge in [-0.25, -0.2) is 0 Å². The fourth-order valence-electron chi connectivity index (χ4n) is 2.49. The molecular weight excluding hydrogens is 236 g/mol. The van der Waals surface area contributed by atoms with E-state index in [0.717, 1.165) is 24.5 Å². The number of rotatable bonds is 6. The number of ether oxygens (including phenoxy) is 1. The average molecular weight is 264 g/mol. The van der Waals surface area contributed by atoms with E-state index in [1.54, 1.807) is 7.11 Å². The normalized spacial score (nSPS) is 12.6. The Morgan fingerprint density at radius 3 is 2.37 bits per heavy atom. The first-order valence-corrected chi connectivity index (χ1v) is 6.97. The molecule has 1 unspecified atom stereocenters. The van der Waals surface area contributed by atoms with Crippen LogP contribution in [-0.4, -0.2) is 27.2 Å². The maximum Gasteiger partial charge on any atom is 0.145 e. The van der Waals surface area contributed by atoms with Gasteiger partial charge in [-0.15, -0.1) is 0 Å². The van der Waals surface area contributed by atoms with Crippen LogP contribution in [0.1, 0.15) is 25.0 Å². The predicted molar refractivity (Wildman–Crippen MR) is 83.1 cm³/mol. The third-order valence-electron chi connectivity index (χ3n) is 3.77. The summed E-state index contributed by atoms with van der Waals surface area (Å²) >= 11 is 0. The minimum absolute atomic E-state index is 0.496. The van der Waals surface area contributed by atoms with Crippen molar-refractivity contribution in [3.05, 3.63) is 23.3 Å². The third-order valence-corrected chi connectivity index (χ3v) is 3.77. The minimum Gasteiger partial charge on any atom is -0.494 e. The molecule has 108 valence electrons. The number of nitrogens with zero attached hydrogens (tertiary/aromatic N) is 1. The lowest BCUT2D eigenvalue weighted by Gasteiger charge is -2.29. The molecule has 0 aliphatic heterocycles. The largest absolute Gasteiger partial charge is 0.494 e. The summed E-state index contributed by atoms with van der Waals surface area (Å²) in [4.78, 5) is 2.26. The fourth-order valence-corrected chi connectivity index (χ4v) is 2.49. The quantitative estimate of drug-likeness (QED) is 0.858. The highest BCUT2D eigenvalue weighted by molar-refractivity contribution is 5.63. The van der Waals surface area contributed by atoms with Crippen LogP contribution in [0.2, 0.25) is 0 Å². The molecule has 1 atom stereocenters. The maximum atomic E-state index is 5.87. The number of nitrogens with two attached hydrogens (primary N) is 1. The molecule has 0 fully saturated rings. The van der Waals surface area contributed by atoms with Gasteiger partial charge in [0, 0.05) is 13.6 Å². The summed E-state index contributed by atoms with van der Waals surface area (Å²) in [6.07, 6.45) is 0. The van der Waals surface area contributed by atoms with E-state index in [2.05, 4.69) is 51.8 Å². The molecule has 0 heterocycles. The van der Waals surface area contributed by atoms with E-state index < -0.39 is 0 Å². The number of hydrogen-bond donors (Lipinski definition) is 1. The van der Waals surface area contributed by atoms with Gasteiger partial charge in [0.05, 0.1) is 12.8 Å². The second-order valence-corrected chi connectivity index (χ2v) is 5.75. The van der Waals surface area contributed by atoms with Crippen LogP contribution >= 0.6 is 0 Å². The van der Waals surface area contributed by atoms with Crippen molar-refractivity contribution in [2.75, 3.05) is 32.1 Å². The Bertz CT molecular complexity index is 415. The first-order chi connectivity index (χ1) is 8.90. The van der Waals surface area contributed by atoms with Crippen molar-refractivity contribution >= 4 is 5.69 Å². The molecule has 3 nitrogen and oxygen atoms in total. The molecule has 1 aromatic carbocycles. The lowest BCUT2D eigenvalue weighted by molar-refractivity contribution is 0.390. The Kier molecular flexibility index (Phi) is 5.67. The topological polar surface area (TPSA) is 38.5 Å². The molecular formula is C16H28N2O. The van der Waals surface area contributed by atoms with Gasteiger partial charge in [-0.3, -0.25) is 0 Å². The van der Waals surface area contributed by atoms with E-state index in [9.17, 15) is 0 Å². The van der Waals surface area contributed by atoms with Crippen LogP contribution in [0.15, 0.2) is 12.1 Å². The van der Waals surface area contributed by atoms with Crippen molar-refractivity contribution in [2.24, 2.45) is 17.6 Å². The first-order valence-electron chi connectivity index (χ1n) is 6.97. The van der Waals surface area contributed by atoms with Gasteiger partial charge >= 0.3 is 0 Å². The SMILES string of the molecule is COc1c(C)cc(C)cc1N(C)CC(CN)C(C)C. The van der Waals surface area contributed by atoms with Crippen LogP contribution in [0.5, 0.6) is 5.75 Å². The molecule has 1 aromatic rings. The molecule has 0 aliphatic rings. The van der Waals surface area contributed by atoms with Crippen LogP contribution in [0, 0.1) is 25.7 Å². The van der Waals surface area contributed by atoms with E-state index in [4.69, 9.17) is 10.5 Å². The van der Waals surface area contributed by atoms with Crippen molar-refractivity contribution in [1.29, 1.82) is 0 Å². The van der Waals surface area contributed by atoms with Crippen LogP contribution in [0.4, 0.5) is 5.69 Å². The summed E-state index contributed by atoms with van der Waals surface area (Å²) in [5.41, 5.74) is 9.46. The Morgan fingerprint density at radius 2 is 1.89 bits per heavy atom. The number of hydrogen-bond acceptors (Lipinski definition) is 3. The molecule has 2 N–H and O–H groups in total. The number of benzene rings is 1. The molecule has 0 aliphatic carbocycles. The summed E-state index contributed by atoms with van der Waals surface area (Å²) in [7, 11) is 3.85. The molecule has 1 rings (SSSR count). The van der Waals surface area contributed by atoms with Gasteiger partial charge in [0.25, 0.3) is 0 Å². The van der Waals surface area contributed by atoms with Gasteiger partial charge in [-0.05, 0) is 49.4 Å². The molecule has 0 amide bonds. The van der Waals surface area contributed by atoms with E-state index in [1.807, 2.05) is 0 Å². The highest BCUT2D eigenvalue weighted by atomic mass is 16.5. The highest BCUT2D eigenvalue weighted by Crippen LogP contribution is 2.33.